The molecule has 84 valence electrons. The second kappa shape index (κ2) is 5.08. The Balaban J connectivity index is 1.84. The lowest BCUT2D eigenvalue weighted by Gasteiger charge is -2.17. The Bertz CT molecular complexity index is 286. The molecule has 0 amide bonds. The molecule has 2 nitrogen and oxygen atoms in total. The summed E-state index contributed by atoms with van der Waals surface area (Å²) in [5.41, 5.74) is 1.84. The number of thiazole rings is 1. The topological polar surface area (TPSA) is 33.1 Å². The van der Waals surface area contributed by atoms with Crippen LogP contribution < -0.4 is 0 Å². The van der Waals surface area contributed by atoms with Gasteiger partial charge in [-0.05, 0) is 24.7 Å². The fourth-order valence-electron chi connectivity index (χ4n) is 2.55. The lowest BCUT2D eigenvalue weighted by Crippen LogP contribution is -2.20. The van der Waals surface area contributed by atoms with Gasteiger partial charge in [0.15, 0.2) is 0 Å². The van der Waals surface area contributed by atoms with E-state index in [0.717, 1.165) is 12.3 Å². The smallest absolute Gasteiger partial charge is 0.0794 e. The summed E-state index contributed by atoms with van der Waals surface area (Å²) in [5.74, 6) is 1.38. The predicted octanol–water partition coefficient (Wildman–Crippen LogP) is 2.87. The van der Waals surface area contributed by atoms with Crippen LogP contribution in [-0.4, -0.2) is 16.2 Å². The van der Waals surface area contributed by atoms with Gasteiger partial charge in [0.25, 0.3) is 0 Å². The van der Waals surface area contributed by atoms with Gasteiger partial charge in [0.1, 0.15) is 0 Å². The summed E-state index contributed by atoms with van der Waals surface area (Å²) in [4.78, 5) is 5.25. The molecule has 1 saturated carbocycles. The van der Waals surface area contributed by atoms with Gasteiger partial charge in [0, 0.05) is 17.5 Å². The minimum Gasteiger partial charge on any atom is -0.392 e. The van der Waals surface area contributed by atoms with Crippen LogP contribution in [0.2, 0.25) is 0 Å². The van der Waals surface area contributed by atoms with Gasteiger partial charge in [-0.25, -0.2) is 0 Å². The van der Waals surface area contributed by atoms with E-state index >= 15 is 0 Å². The lowest BCUT2D eigenvalue weighted by atomic mass is 9.96. The number of nitrogens with zero attached hydrogens (tertiary/aromatic N) is 1. The molecule has 1 aromatic rings. The van der Waals surface area contributed by atoms with Crippen molar-refractivity contribution in [2.75, 3.05) is 0 Å². The van der Waals surface area contributed by atoms with Gasteiger partial charge in [0.05, 0.1) is 11.6 Å². The van der Waals surface area contributed by atoms with E-state index in [2.05, 4.69) is 11.9 Å². The number of rotatable bonds is 4. The molecule has 0 aromatic carbocycles. The Morgan fingerprint density at radius 3 is 3.07 bits per heavy atom. The Morgan fingerprint density at radius 2 is 2.47 bits per heavy atom. The second-order valence-electron chi connectivity index (χ2n) is 4.59. The summed E-state index contributed by atoms with van der Waals surface area (Å²) < 4.78 is 0. The molecule has 0 bridgehead atoms. The fraction of sp³-hybridized carbons (Fsp3) is 0.750. The molecule has 0 spiro atoms. The van der Waals surface area contributed by atoms with Gasteiger partial charge < -0.3 is 5.11 Å². The molecule has 3 atom stereocenters. The number of aliphatic hydroxyl groups is 1. The van der Waals surface area contributed by atoms with E-state index in [1.807, 2.05) is 11.7 Å². The zero-order valence-electron chi connectivity index (χ0n) is 9.22. The molecular weight excluding hydrogens is 206 g/mol. The monoisotopic (exact) mass is 225 g/mol. The van der Waals surface area contributed by atoms with Crippen LogP contribution in [0, 0.1) is 11.8 Å². The van der Waals surface area contributed by atoms with E-state index in [4.69, 9.17) is 0 Å². The van der Waals surface area contributed by atoms with Gasteiger partial charge in [-0.15, -0.1) is 11.3 Å². The largest absolute Gasteiger partial charge is 0.392 e. The zero-order chi connectivity index (χ0) is 10.7. The number of hydrogen-bond acceptors (Lipinski definition) is 3. The Morgan fingerprint density at radius 1 is 1.60 bits per heavy atom. The third kappa shape index (κ3) is 2.79. The first-order chi connectivity index (χ1) is 7.29. The third-order valence-corrected chi connectivity index (χ3v) is 4.40. The molecule has 3 unspecified atom stereocenters. The van der Waals surface area contributed by atoms with Crippen LogP contribution in [0.5, 0.6) is 0 Å². The first-order valence-electron chi connectivity index (χ1n) is 5.85. The van der Waals surface area contributed by atoms with Crippen molar-refractivity contribution in [3.05, 3.63) is 16.6 Å². The van der Waals surface area contributed by atoms with Crippen LogP contribution in [0.4, 0.5) is 0 Å². The van der Waals surface area contributed by atoms with Gasteiger partial charge in [0.2, 0.25) is 0 Å². The van der Waals surface area contributed by atoms with Crippen LogP contribution in [-0.2, 0) is 6.42 Å². The average Bonchev–Trinajstić information content (AvgIpc) is 2.86. The highest BCUT2D eigenvalue weighted by Crippen LogP contribution is 2.35. The molecule has 2 rings (SSSR count). The van der Waals surface area contributed by atoms with E-state index in [0.29, 0.717) is 5.92 Å². The van der Waals surface area contributed by atoms with Crippen LogP contribution in [0.25, 0.3) is 0 Å². The van der Waals surface area contributed by atoms with Crippen molar-refractivity contribution in [1.82, 2.24) is 4.98 Å². The third-order valence-electron chi connectivity index (χ3n) is 3.60. The molecule has 1 heterocycles. The van der Waals surface area contributed by atoms with E-state index < -0.39 is 0 Å². The Hall–Kier alpha value is -0.410. The van der Waals surface area contributed by atoms with Gasteiger partial charge in [-0.3, -0.25) is 4.98 Å². The van der Waals surface area contributed by atoms with E-state index in [-0.39, 0.29) is 6.10 Å². The maximum Gasteiger partial charge on any atom is 0.0794 e. The molecule has 0 aliphatic heterocycles. The van der Waals surface area contributed by atoms with Crippen LogP contribution in [0.15, 0.2) is 11.7 Å². The minimum absolute atomic E-state index is 0.151. The van der Waals surface area contributed by atoms with Crippen molar-refractivity contribution < 1.29 is 5.11 Å². The summed E-state index contributed by atoms with van der Waals surface area (Å²) in [7, 11) is 0. The SMILES string of the molecule is CCC1CCC(C(O)Cc2cncs2)C1. The number of aliphatic hydroxyl groups excluding tert-OH is 1. The van der Waals surface area contributed by atoms with Crippen molar-refractivity contribution >= 4 is 11.3 Å². The van der Waals surface area contributed by atoms with Crippen LogP contribution in [0.3, 0.4) is 0 Å². The van der Waals surface area contributed by atoms with E-state index in [1.165, 1.54) is 30.6 Å². The zero-order valence-corrected chi connectivity index (χ0v) is 10.0. The van der Waals surface area contributed by atoms with Gasteiger partial charge >= 0.3 is 0 Å². The van der Waals surface area contributed by atoms with Crippen molar-refractivity contribution in [1.29, 1.82) is 0 Å². The number of aromatic nitrogens is 1. The first-order valence-corrected chi connectivity index (χ1v) is 6.73. The molecule has 0 saturated heterocycles. The summed E-state index contributed by atoms with van der Waals surface area (Å²) in [6.45, 7) is 2.25. The predicted molar refractivity (Wildman–Crippen MR) is 62.9 cm³/mol. The first kappa shape index (κ1) is 11.1. The van der Waals surface area contributed by atoms with Gasteiger partial charge in [-0.1, -0.05) is 19.8 Å². The average molecular weight is 225 g/mol. The molecular formula is C12H19NOS. The summed E-state index contributed by atoms with van der Waals surface area (Å²) in [6, 6.07) is 0. The minimum atomic E-state index is -0.151. The number of hydrogen-bond donors (Lipinski definition) is 1. The maximum atomic E-state index is 10.1. The van der Waals surface area contributed by atoms with Crippen LogP contribution >= 0.6 is 11.3 Å². The summed E-state index contributed by atoms with van der Waals surface area (Å²) in [5, 5.41) is 10.1. The molecule has 1 aliphatic rings. The molecule has 15 heavy (non-hydrogen) atoms. The van der Waals surface area contributed by atoms with Crippen molar-refractivity contribution in [2.45, 2.75) is 45.1 Å². The Labute approximate surface area is 95.4 Å². The standard InChI is InChI=1S/C12H19NOS/c1-2-9-3-4-10(5-9)12(14)6-11-7-13-8-15-11/h7-10,12,14H,2-6H2,1H3. The highest BCUT2D eigenvalue weighted by atomic mass is 32.1. The maximum absolute atomic E-state index is 10.1. The normalized spacial score (nSPS) is 28.1. The highest BCUT2D eigenvalue weighted by molar-refractivity contribution is 7.09. The molecule has 1 fully saturated rings. The molecule has 1 aromatic heterocycles. The van der Waals surface area contributed by atoms with Crippen molar-refractivity contribution in [3.8, 4) is 0 Å². The van der Waals surface area contributed by atoms with Gasteiger partial charge in [-0.2, -0.15) is 0 Å². The van der Waals surface area contributed by atoms with E-state index in [9.17, 15) is 5.11 Å². The summed E-state index contributed by atoms with van der Waals surface area (Å²) >= 11 is 1.65. The van der Waals surface area contributed by atoms with Crippen molar-refractivity contribution in [3.63, 3.8) is 0 Å². The van der Waals surface area contributed by atoms with E-state index in [1.54, 1.807) is 11.3 Å². The Kier molecular flexibility index (Phi) is 3.76. The molecule has 1 N–H and O–H groups in total. The molecule has 0 radical (unpaired) electrons. The second-order valence-corrected chi connectivity index (χ2v) is 5.56. The van der Waals surface area contributed by atoms with Crippen LogP contribution in [0.1, 0.15) is 37.5 Å². The fourth-order valence-corrected chi connectivity index (χ4v) is 3.20. The molecule has 3 heteroatoms. The quantitative estimate of drug-likeness (QED) is 0.854. The molecule has 1 aliphatic carbocycles. The highest BCUT2D eigenvalue weighted by Gasteiger charge is 2.28. The lowest BCUT2D eigenvalue weighted by molar-refractivity contribution is 0.109. The van der Waals surface area contributed by atoms with Crippen molar-refractivity contribution in [2.24, 2.45) is 11.8 Å². The summed E-state index contributed by atoms with van der Waals surface area (Å²) in [6.07, 6.45) is 7.52.